The predicted molar refractivity (Wildman–Crippen MR) is 239 cm³/mol. The van der Waals surface area contributed by atoms with Gasteiger partial charge >= 0.3 is 6.09 Å². The summed E-state index contributed by atoms with van der Waals surface area (Å²) in [6, 6.07) is 5.56. The normalized spacial score (nSPS) is 29.5. The van der Waals surface area contributed by atoms with Crippen molar-refractivity contribution in [3.05, 3.63) is 67.3 Å². The van der Waals surface area contributed by atoms with Crippen molar-refractivity contribution < 1.29 is 41.8 Å². The minimum absolute atomic E-state index is 0.0227. The number of aryl methyl sites for hydroxylation is 1. The number of hydrogen-bond acceptors (Lipinski definition) is 12. The second-order valence-electron chi connectivity index (χ2n) is 19.1. The summed E-state index contributed by atoms with van der Waals surface area (Å²) in [7, 11) is -4.02. The fraction of sp³-hybridized carbons (Fsp3) is 0.596. The lowest BCUT2D eigenvalue weighted by molar-refractivity contribution is -0.142. The van der Waals surface area contributed by atoms with Gasteiger partial charge in [-0.2, -0.15) is 0 Å². The van der Waals surface area contributed by atoms with E-state index in [-0.39, 0.29) is 37.3 Å². The Morgan fingerprint density at radius 1 is 1.02 bits per heavy atom. The lowest BCUT2D eigenvalue weighted by Crippen LogP contribution is -2.59. The number of pyridine rings is 1. The van der Waals surface area contributed by atoms with Gasteiger partial charge in [0.25, 0.3) is 5.91 Å². The quantitative estimate of drug-likeness (QED) is 0.161. The molecule has 0 spiro atoms. The summed E-state index contributed by atoms with van der Waals surface area (Å²) in [6.07, 6.45) is 16.9. The van der Waals surface area contributed by atoms with Gasteiger partial charge in [-0.15, -0.1) is 16.8 Å². The van der Waals surface area contributed by atoms with Crippen molar-refractivity contribution >= 4 is 44.7 Å². The number of hydrogen-bond donors (Lipinski definition) is 3. The lowest BCUT2D eigenvalue weighted by Gasteiger charge is -2.32. The molecule has 2 bridgehead atoms. The van der Waals surface area contributed by atoms with Gasteiger partial charge in [-0.3, -0.25) is 19.1 Å². The van der Waals surface area contributed by atoms with Gasteiger partial charge in [0, 0.05) is 24.3 Å². The fourth-order valence-electron chi connectivity index (χ4n) is 10.3. The van der Waals surface area contributed by atoms with Crippen LogP contribution in [0.25, 0.3) is 10.9 Å². The van der Waals surface area contributed by atoms with Crippen LogP contribution in [0.2, 0.25) is 0 Å². The molecule has 1 aromatic carbocycles. The van der Waals surface area contributed by atoms with E-state index in [0.717, 1.165) is 55.9 Å². The molecule has 5 fully saturated rings. The largest absolute Gasteiger partial charge is 0.492 e. The first-order chi connectivity index (χ1) is 31.4. The van der Waals surface area contributed by atoms with Crippen LogP contribution in [0.5, 0.6) is 11.6 Å². The van der Waals surface area contributed by atoms with Crippen molar-refractivity contribution in [1.29, 1.82) is 0 Å². The molecule has 348 valence electrons. The summed E-state index contributed by atoms with van der Waals surface area (Å²) >= 11 is 0. The summed E-state index contributed by atoms with van der Waals surface area (Å²) in [6.45, 7) is 6.45. The summed E-state index contributed by atoms with van der Waals surface area (Å²) in [4.78, 5) is 64.0. The summed E-state index contributed by atoms with van der Waals surface area (Å²) in [5, 5.41) is 14.5. The molecule has 7 atom stereocenters. The predicted octanol–water partition coefficient (Wildman–Crippen LogP) is 5.05. The van der Waals surface area contributed by atoms with E-state index in [1.807, 2.05) is 28.8 Å². The molecule has 3 N–H and O–H groups in total. The van der Waals surface area contributed by atoms with Gasteiger partial charge in [-0.1, -0.05) is 43.2 Å². The third kappa shape index (κ3) is 9.32. The number of rotatable bonds is 12. The highest BCUT2D eigenvalue weighted by Gasteiger charge is 2.63. The Bertz CT molecular complexity index is 2440. The summed E-state index contributed by atoms with van der Waals surface area (Å²) in [5.41, 5.74) is -0.209. The van der Waals surface area contributed by atoms with Crippen LogP contribution in [0.4, 0.5) is 4.79 Å². The highest BCUT2D eigenvalue weighted by molar-refractivity contribution is 7.91. The molecular formula is C47H60N8O9S. The second-order valence-corrected chi connectivity index (χ2v) is 21.3. The number of aromatic nitrogens is 4. The van der Waals surface area contributed by atoms with Crippen LogP contribution in [0.1, 0.15) is 102 Å². The van der Waals surface area contributed by atoms with Crippen molar-refractivity contribution in [2.45, 2.75) is 144 Å². The Balaban J connectivity index is 1.06. The smallest absolute Gasteiger partial charge is 0.408 e. The molecule has 0 radical (unpaired) electrons. The molecule has 4 amide bonds. The van der Waals surface area contributed by atoms with Crippen LogP contribution in [0, 0.1) is 17.8 Å². The Labute approximate surface area is 379 Å². The van der Waals surface area contributed by atoms with Gasteiger partial charge in [0.2, 0.25) is 27.7 Å². The van der Waals surface area contributed by atoms with Crippen LogP contribution in [0.3, 0.4) is 0 Å². The Morgan fingerprint density at radius 2 is 1.78 bits per heavy atom. The minimum atomic E-state index is -4.02. The number of benzene rings is 1. The maximum atomic E-state index is 15.1. The average molecular weight is 913 g/mol. The van der Waals surface area contributed by atoms with Crippen LogP contribution in [-0.4, -0.2) is 105 Å². The third-order valence-corrected chi connectivity index (χ3v) is 16.8. The van der Waals surface area contributed by atoms with Gasteiger partial charge in [0.15, 0.2) is 0 Å². The first-order valence-electron chi connectivity index (χ1n) is 23.4. The minimum Gasteiger partial charge on any atom is -0.492 e. The molecule has 6 aliphatic rings. The fourth-order valence-corrected chi connectivity index (χ4v) is 11.6. The zero-order chi connectivity index (χ0) is 45.3. The van der Waals surface area contributed by atoms with E-state index in [2.05, 4.69) is 44.3 Å². The number of nitrogens with one attached hydrogen (secondary N) is 3. The molecule has 1 saturated heterocycles. The number of carbonyl (C=O) groups is 4. The Morgan fingerprint density at radius 3 is 2.54 bits per heavy atom. The van der Waals surface area contributed by atoms with E-state index in [9.17, 15) is 22.8 Å². The van der Waals surface area contributed by atoms with Gasteiger partial charge in [0.05, 0.1) is 29.0 Å². The van der Waals surface area contributed by atoms with Gasteiger partial charge < -0.3 is 34.3 Å². The number of allylic oxidation sites excluding steroid dienone is 2. The molecule has 9 rings (SSSR count). The van der Waals surface area contributed by atoms with Crippen molar-refractivity contribution in [1.82, 2.24) is 40.0 Å². The summed E-state index contributed by atoms with van der Waals surface area (Å²) < 4.78 is 49.1. The maximum absolute atomic E-state index is 15.1. The molecule has 3 aromatic rings. The van der Waals surface area contributed by atoms with Crippen LogP contribution in [-0.2, 0) is 42.1 Å². The van der Waals surface area contributed by atoms with Crippen LogP contribution < -0.4 is 24.8 Å². The number of alkyl carbamates (subject to hydrolysis) is 1. The number of ether oxygens (including phenoxy) is 3. The zero-order valence-corrected chi connectivity index (χ0v) is 37.8. The average Bonchev–Trinajstić information content (AvgIpc) is 3.73. The molecule has 4 heterocycles. The van der Waals surface area contributed by atoms with Crippen molar-refractivity contribution in [3.8, 4) is 11.6 Å². The Hall–Kier alpha value is -5.52. The van der Waals surface area contributed by atoms with E-state index in [0.29, 0.717) is 68.8 Å². The maximum Gasteiger partial charge on any atom is 0.408 e. The number of sulfonamides is 1. The van der Waals surface area contributed by atoms with E-state index < -0.39 is 68.2 Å². The number of nitrogens with zero attached hydrogens (tertiary/aromatic N) is 5. The number of carbonyl (C=O) groups excluding carboxylic acids is 4. The standard InChI is InChI=1S/C47H60N8O9S/c1-3-32-26-47(32,44(58)53-65(60,61)46(2)21-22-46)52-41(56)37-25-33-27-55(37)43(57)39(31-14-7-8-15-31)51-45(59)64-38-20-11-16-30(38)13-5-4-6-18-35-40(62-24-12-23-54-28-48-49-29-54)34-17-9-10-19-36(34)50-42(35)63-33/h3-4,6,9-10,17,19,28-33,37-39H,1,5,7-8,11-16,18,20-27H2,2H3,(H,51,59)(H,52,56)(H,53,58)/b6-4+/t30-,32-,33-,37+,38-,39+,47-/m1/s1. The first-order valence-corrected chi connectivity index (χ1v) is 24.8. The molecule has 0 unspecified atom stereocenters. The molecule has 17 nitrogen and oxygen atoms in total. The molecule has 18 heteroatoms. The first kappa shape index (κ1) is 44.7. The lowest BCUT2D eigenvalue weighted by atomic mass is 9.96. The molecular weight excluding hydrogens is 853 g/mol. The highest BCUT2D eigenvalue weighted by Crippen LogP contribution is 2.47. The van der Waals surface area contributed by atoms with E-state index in [1.165, 1.54) is 11.0 Å². The van der Waals surface area contributed by atoms with Gasteiger partial charge in [0.1, 0.15) is 48.2 Å². The number of para-hydroxylation sites is 1. The topological polar surface area (TPSA) is 213 Å². The van der Waals surface area contributed by atoms with Crippen molar-refractivity contribution in [2.24, 2.45) is 17.8 Å². The number of fused-ring (bicyclic) bond motifs is 5. The summed E-state index contributed by atoms with van der Waals surface area (Å²) in [5.74, 6) is -1.54. The van der Waals surface area contributed by atoms with Crippen molar-refractivity contribution in [3.63, 3.8) is 0 Å². The Kier molecular flexibility index (Phi) is 12.6. The second kappa shape index (κ2) is 18.4. The van der Waals surface area contributed by atoms with Crippen molar-refractivity contribution in [2.75, 3.05) is 13.2 Å². The van der Waals surface area contributed by atoms with Gasteiger partial charge in [-0.05, 0) is 108 Å². The van der Waals surface area contributed by atoms with Gasteiger partial charge in [-0.25, -0.2) is 18.2 Å². The third-order valence-electron chi connectivity index (χ3n) is 14.6. The molecule has 4 saturated carbocycles. The SMILES string of the molecule is C=C[C@@H]1C[C@]1(NC(=O)[C@@H]1C[C@@H]2CN1C(=O)[C@H](C1CCCC1)NC(=O)O[C@@H]1CCC[C@H]1CC/C=C/Cc1c(nc3ccccc3c1OCCCn1cnnc1)O2)C(=O)NS(=O)(=O)C1(C)CC1. The zero-order valence-electron chi connectivity index (χ0n) is 37.0. The number of amides is 4. The molecule has 2 aliphatic heterocycles. The molecule has 2 aromatic heterocycles. The van der Waals surface area contributed by atoms with Crippen LogP contribution in [0.15, 0.2) is 61.7 Å². The molecule has 4 aliphatic carbocycles. The van der Waals surface area contributed by atoms with Crippen LogP contribution >= 0.6 is 0 Å². The van der Waals surface area contributed by atoms with E-state index in [4.69, 9.17) is 19.2 Å². The van der Waals surface area contributed by atoms with E-state index >= 15 is 4.79 Å². The highest BCUT2D eigenvalue weighted by atomic mass is 32.2. The molecule has 65 heavy (non-hydrogen) atoms. The van der Waals surface area contributed by atoms with E-state index in [1.54, 1.807) is 19.6 Å². The monoisotopic (exact) mass is 912 g/mol.